The molecule has 3 aliphatic rings. The smallest absolute Gasteiger partial charge is 0.225 e. The van der Waals surface area contributed by atoms with E-state index in [2.05, 4.69) is 40.5 Å². The summed E-state index contributed by atoms with van der Waals surface area (Å²) in [6.45, 7) is 4.87. The lowest BCUT2D eigenvalue weighted by atomic mass is 9.85. The molecule has 1 saturated heterocycles. The molecule has 0 bridgehead atoms. The van der Waals surface area contributed by atoms with E-state index in [-0.39, 0.29) is 17.4 Å². The molecule has 3 fully saturated rings. The highest BCUT2D eigenvalue weighted by Gasteiger charge is 2.34. The van der Waals surface area contributed by atoms with Crippen molar-refractivity contribution in [3.05, 3.63) is 54.2 Å². The van der Waals surface area contributed by atoms with Crippen LogP contribution < -0.4 is 10.6 Å². The number of nitrogens with zero attached hydrogens (tertiary/aromatic N) is 6. The molecule has 0 unspecified atom stereocenters. The van der Waals surface area contributed by atoms with Gasteiger partial charge in [0.25, 0.3) is 0 Å². The van der Waals surface area contributed by atoms with E-state index in [9.17, 15) is 4.79 Å². The van der Waals surface area contributed by atoms with Crippen molar-refractivity contribution >= 4 is 34.5 Å². The molecular formula is C30H34FN9O. The predicted octanol–water partition coefficient (Wildman–Crippen LogP) is 4.56. The molecule has 3 N–H and O–H groups in total. The zero-order valence-electron chi connectivity index (χ0n) is 22.9. The second kappa shape index (κ2) is 11.0. The molecule has 11 heteroatoms. The number of rotatable bonds is 9. The molecule has 0 radical (unpaired) electrons. The lowest BCUT2D eigenvalue weighted by Crippen LogP contribution is -2.48. The van der Waals surface area contributed by atoms with Gasteiger partial charge in [-0.3, -0.25) is 9.69 Å². The first-order chi connectivity index (χ1) is 20.1. The zero-order chi connectivity index (χ0) is 27.8. The maximum absolute atomic E-state index is 15.3. The average Bonchev–Trinajstić information content (AvgIpc) is 3.73. The number of fused-ring (bicyclic) bond motifs is 1. The van der Waals surface area contributed by atoms with Gasteiger partial charge in [-0.05, 0) is 61.4 Å². The van der Waals surface area contributed by atoms with Gasteiger partial charge in [-0.15, -0.1) is 0 Å². The van der Waals surface area contributed by atoms with Gasteiger partial charge in [-0.25, -0.2) is 24.3 Å². The number of hydrogen-bond donors (Lipinski definition) is 3. The number of H-pyrrole nitrogens is 1. The third-order valence-electron chi connectivity index (χ3n) is 8.42. The van der Waals surface area contributed by atoms with E-state index < -0.39 is 5.82 Å². The molecule has 0 spiro atoms. The molecule has 212 valence electrons. The normalized spacial score (nSPS) is 17.9. The maximum Gasteiger partial charge on any atom is 0.225 e. The van der Waals surface area contributed by atoms with Crippen molar-refractivity contribution in [2.75, 3.05) is 43.4 Å². The van der Waals surface area contributed by atoms with Crippen LogP contribution in [0.4, 0.5) is 22.0 Å². The van der Waals surface area contributed by atoms with Crippen LogP contribution in [0.5, 0.6) is 0 Å². The first-order valence-corrected chi connectivity index (χ1v) is 14.6. The SMILES string of the molecule is O=C(C1CC1)N1CCN(Cc2ccnc(Nc3nc4ccc(-c5ncnc(NCC6CCC6)c5F)cc4[nH]3)c2)CC1. The fraction of sp³-hybridized carbons (Fsp3) is 0.433. The van der Waals surface area contributed by atoms with Crippen LogP contribution in [0.25, 0.3) is 22.3 Å². The first kappa shape index (κ1) is 25.8. The summed E-state index contributed by atoms with van der Waals surface area (Å²) in [7, 11) is 0. The van der Waals surface area contributed by atoms with Crippen molar-refractivity contribution in [2.24, 2.45) is 11.8 Å². The Kier molecular flexibility index (Phi) is 6.95. The summed E-state index contributed by atoms with van der Waals surface area (Å²) in [5, 5.41) is 6.43. The van der Waals surface area contributed by atoms with Crippen LogP contribution in [0.3, 0.4) is 0 Å². The number of halogens is 1. The van der Waals surface area contributed by atoms with E-state index in [0.717, 1.165) is 68.7 Å². The van der Waals surface area contributed by atoms with Crippen molar-refractivity contribution in [1.29, 1.82) is 0 Å². The number of anilines is 3. The molecule has 2 saturated carbocycles. The fourth-order valence-corrected chi connectivity index (χ4v) is 5.58. The molecular weight excluding hydrogens is 521 g/mol. The van der Waals surface area contributed by atoms with Crippen molar-refractivity contribution in [1.82, 2.24) is 34.7 Å². The molecule has 7 rings (SSSR count). The number of pyridine rings is 1. The minimum atomic E-state index is -0.444. The van der Waals surface area contributed by atoms with Gasteiger partial charge in [0.05, 0.1) is 11.0 Å². The number of hydrogen-bond acceptors (Lipinski definition) is 8. The summed E-state index contributed by atoms with van der Waals surface area (Å²) in [4.78, 5) is 37.5. The first-order valence-electron chi connectivity index (χ1n) is 14.6. The molecule has 2 aliphatic carbocycles. The minimum Gasteiger partial charge on any atom is -0.367 e. The van der Waals surface area contributed by atoms with E-state index in [1.165, 1.54) is 25.6 Å². The average molecular weight is 556 g/mol. The highest BCUT2D eigenvalue weighted by atomic mass is 19.1. The Morgan fingerprint density at radius 2 is 1.88 bits per heavy atom. The van der Waals surface area contributed by atoms with Gasteiger partial charge < -0.3 is 20.5 Å². The Bertz CT molecular complexity index is 1560. The van der Waals surface area contributed by atoms with E-state index in [0.29, 0.717) is 29.2 Å². The summed E-state index contributed by atoms with van der Waals surface area (Å²) in [6.07, 6.45) is 8.90. The molecule has 4 heterocycles. The Balaban J connectivity index is 1.01. The number of carbonyl (C=O) groups excluding carboxylic acids is 1. The monoisotopic (exact) mass is 555 g/mol. The Morgan fingerprint density at radius 3 is 2.66 bits per heavy atom. The van der Waals surface area contributed by atoms with Gasteiger partial charge in [-0.1, -0.05) is 12.5 Å². The number of piperazine rings is 1. The predicted molar refractivity (Wildman–Crippen MR) is 155 cm³/mol. The summed E-state index contributed by atoms with van der Waals surface area (Å²) in [5.41, 5.74) is 3.57. The molecule has 0 atom stereocenters. The van der Waals surface area contributed by atoms with Crippen LogP contribution >= 0.6 is 0 Å². The van der Waals surface area contributed by atoms with Gasteiger partial charge in [0.2, 0.25) is 11.9 Å². The van der Waals surface area contributed by atoms with Crippen molar-refractivity contribution in [3.8, 4) is 11.3 Å². The number of aromatic amines is 1. The lowest BCUT2D eigenvalue weighted by Gasteiger charge is -2.34. The Morgan fingerprint density at radius 1 is 1.02 bits per heavy atom. The standard InChI is InChI=1S/C30H34FN9O/c31-26-27(34-18-35-28(26)33-16-19-2-1-3-19)22-6-7-23-24(15-22)37-30(36-23)38-25-14-20(8-9-32-25)17-39-10-12-40(13-11-39)29(41)21-4-5-21/h6-9,14-15,18-19,21H,1-5,10-13,16-17H2,(H,33,34,35)(H2,32,36,37,38). The molecule has 1 amide bonds. The second-order valence-electron chi connectivity index (χ2n) is 11.4. The van der Waals surface area contributed by atoms with Gasteiger partial charge in [0.15, 0.2) is 11.6 Å². The molecule has 3 aromatic heterocycles. The van der Waals surface area contributed by atoms with Crippen LogP contribution in [-0.2, 0) is 11.3 Å². The summed E-state index contributed by atoms with van der Waals surface area (Å²) in [5.74, 6) is 2.25. The quantitative estimate of drug-likeness (QED) is 0.275. The van der Waals surface area contributed by atoms with Gasteiger partial charge in [-0.2, -0.15) is 0 Å². The number of benzene rings is 1. The third kappa shape index (κ3) is 5.72. The van der Waals surface area contributed by atoms with Gasteiger partial charge >= 0.3 is 0 Å². The molecule has 10 nitrogen and oxygen atoms in total. The van der Waals surface area contributed by atoms with Crippen molar-refractivity contribution < 1.29 is 9.18 Å². The van der Waals surface area contributed by atoms with Crippen LogP contribution in [0.2, 0.25) is 0 Å². The molecule has 41 heavy (non-hydrogen) atoms. The topological polar surface area (TPSA) is 115 Å². The number of carbonyl (C=O) groups is 1. The number of nitrogens with one attached hydrogen (secondary N) is 3. The highest BCUT2D eigenvalue weighted by Crippen LogP contribution is 2.32. The fourth-order valence-electron chi connectivity index (χ4n) is 5.58. The van der Waals surface area contributed by atoms with E-state index in [1.807, 2.05) is 35.2 Å². The number of amides is 1. The number of imidazole rings is 1. The Labute approximate surface area is 237 Å². The molecule has 4 aromatic rings. The second-order valence-corrected chi connectivity index (χ2v) is 11.4. The van der Waals surface area contributed by atoms with E-state index >= 15 is 4.39 Å². The van der Waals surface area contributed by atoms with Crippen LogP contribution in [0, 0.1) is 17.7 Å². The molecule has 1 aliphatic heterocycles. The molecule has 1 aromatic carbocycles. The summed E-state index contributed by atoms with van der Waals surface area (Å²) < 4.78 is 15.3. The number of aromatic nitrogens is 5. The van der Waals surface area contributed by atoms with E-state index in [4.69, 9.17) is 0 Å². The highest BCUT2D eigenvalue weighted by molar-refractivity contribution is 5.84. The maximum atomic E-state index is 15.3. The van der Waals surface area contributed by atoms with Crippen LogP contribution in [0.1, 0.15) is 37.7 Å². The van der Waals surface area contributed by atoms with Gasteiger partial charge in [0.1, 0.15) is 17.8 Å². The zero-order valence-corrected chi connectivity index (χ0v) is 22.9. The summed E-state index contributed by atoms with van der Waals surface area (Å²) >= 11 is 0. The third-order valence-corrected chi connectivity index (χ3v) is 8.42. The summed E-state index contributed by atoms with van der Waals surface area (Å²) in [6, 6.07) is 9.57. The van der Waals surface area contributed by atoms with E-state index in [1.54, 1.807) is 6.20 Å². The van der Waals surface area contributed by atoms with Crippen LogP contribution in [-0.4, -0.2) is 73.4 Å². The van der Waals surface area contributed by atoms with Crippen LogP contribution in [0.15, 0.2) is 42.9 Å². The Hall–Kier alpha value is -4.12. The van der Waals surface area contributed by atoms with Crippen molar-refractivity contribution in [2.45, 2.75) is 38.6 Å². The largest absolute Gasteiger partial charge is 0.367 e. The lowest BCUT2D eigenvalue weighted by molar-refractivity contribution is -0.134. The van der Waals surface area contributed by atoms with Gasteiger partial charge in [0, 0.05) is 56.9 Å². The minimum absolute atomic E-state index is 0.244. The van der Waals surface area contributed by atoms with Crippen molar-refractivity contribution in [3.63, 3.8) is 0 Å².